The van der Waals surface area contributed by atoms with Crippen LogP contribution >= 0.6 is 0 Å². The van der Waals surface area contributed by atoms with E-state index in [2.05, 4.69) is 16.5 Å². The summed E-state index contributed by atoms with van der Waals surface area (Å²) in [6.45, 7) is 8.36. The van der Waals surface area contributed by atoms with Crippen molar-refractivity contribution >= 4 is 11.4 Å². The van der Waals surface area contributed by atoms with Gasteiger partial charge < -0.3 is 24.0 Å². The van der Waals surface area contributed by atoms with E-state index in [0.29, 0.717) is 41.9 Å². The summed E-state index contributed by atoms with van der Waals surface area (Å²) in [4.78, 5) is 7.91. The molecule has 9 heteroatoms. The zero-order valence-electron chi connectivity index (χ0n) is 18.9. The van der Waals surface area contributed by atoms with Crippen molar-refractivity contribution in [1.29, 1.82) is 0 Å². The molecule has 1 atom stereocenters. The van der Waals surface area contributed by atoms with Gasteiger partial charge in [0.1, 0.15) is 24.2 Å². The minimum Gasteiger partial charge on any atom is -0.490 e. The van der Waals surface area contributed by atoms with Crippen LogP contribution in [-0.4, -0.2) is 55.4 Å². The van der Waals surface area contributed by atoms with Crippen molar-refractivity contribution in [2.75, 3.05) is 44.4 Å². The molecule has 0 radical (unpaired) electrons. The van der Waals surface area contributed by atoms with Crippen LogP contribution in [-0.2, 0) is 10.9 Å². The van der Waals surface area contributed by atoms with Crippen molar-refractivity contribution in [3.63, 3.8) is 0 Å². The van der Waals surface area contributed by atoms with Crippen LogP contribution in [0.15, 0.2) is 48.9 Å². The molecule has 6 nitrogen and oxygen atoms in total. The molecule has 2 fully saturated rings. The maximum atomic E-state index is 13.2. The molecule has 2 saturated heterocycles. The number of ether oxygens (including phenoxy) is 3. The lowest BCUT2D eigenvalue weighted by molar-refractivity contribution is -0.137. The Hall–Kier alpha value is -2.94. The molecule has 0 bridgehead atoms. The van der Waals surface area contributed by atoms with E-state index in [4.69, 9.17) is 14.2 Å². The number of anilines is 2. The fourth-order valence-corrected chi connectivity index (χ4v) is 4.84. The van der Waals surface area contributed by atoms with E-state index in [1.54, 1.807) is 4.90 Å². The van der Waals surface area contributed by atoms with Crippen LogP contribution in [0, 0.1) is 5.92 Å². The molecule has 0 aliphatic carbocycles. The van der Waals surface area contributed by atoms with Crippen molar-refractivity contribution in [3.8, 4) is 11.5 Å². The normalized spacial score (nSPS) is 21.2. The SMILES string of the molecule is C=C(C1CCOCC1)N1CC[C@H](Oc2ccc3c(c2)N(c2cncc(C(F)(F)F)c2)CCO3)C1. The number of hydrogen-bond acceptors (Lipinski definition) is 6. The van der Waals surface area contributed by atoms with Crippen LogP contribution in [0.1, 0.15) is 24.8 Å². The van der Waals surface area contributed by atoms with Gasteiger partial charge in [-0.3, -0.25) is 4.98 Å². The van der Waals surface area contributed by atoms with Crippen LogP contribution < -0.4 is 14.4 Å². The zero-order chi connectivity index (χ0) is 23.7. The van der Waals surface area contributed by atoms with E-state index in [1.807, 2.05) is 18.2 Å². The minimum absolute atomic E-state index is 0.0165. The molecule has 182 valence electrons. The lowest BCUT2D eigenvalue weighted by Gasteiger charge is -2.32. The third-order valence-corrected chi connectivity index (χ3v) is 6.70. The number of benzene rings is 1. The molecule has 0 unspecified atom stereocenters. The average Bonchev–Trinajstić information content (AvgIpc) is 3.31. The lowest BCUT2D eigenvalue weighted by Crippen LogP contribution is -2.30. The smallest absolute Gasteiger partial charge is 0.417 e. The highest BCUT2D eigenvalue weighted by molar-refractivity contribution is 5.71. The Morgan fingerprint density at radius 2 is 1.88 bits per heavy atom. The molecule has 5 rings (SSSR count). The fraction of sp³-hybridized carbons (Fsp3) is 0.480. The van der Waals surface area contributed by atoms with Crippen LogP contribution in [0.3, 0.4) is 0 Å². The maximum absolute atomic E-state index is 13.2. The van der Waals surface area contributed by atoms with Gasteiger partial charge in [-0.25, -0.2) is 0 Å². The quantitative estimate of drug-likeness (QED) is 0.605. The molecular weight excluding hydrogens is 447 g/mol. The highest BCUT2D eigenvalue weighted by atomic mass is 19.4. The predicted molar refractivity (Wildman–Crippen MR) is 121 cm³/mol. The number of likely N-dealkylation sites (tertiary alicyclic amines) is 1. The van der Waals surface area contributed by atoms with Gasteiger partial charge in [-0.2, -0.15) is 13.2 Å². The van der Waals surface area contributed by atoms with Gasteiger partial charge in [0.2, 0.25) is 0 Å². The number of fused-ring (bicyclic) bond motifs is 1. The molecule has 0 saturated carbocycles. The zero-order valence-corrected chi connectivity index (χ0v) is 18.9. The first-order valence-corrected chi connectivity index (χ1v) is 11.6. The van der Waals surface area contributed by atoms with E-state index in [9.17, 15) is 13.2 Å². The van der Waals surface area contributed by atoms with Gasteiger partial charge in [0, 0.05) is 50.1 Å². The van der Waals surface area contributed by atoms with Crippen LogP contribution in [0.25, 0.3) is 0 Å². The van der Waals surface area contributed by atoms with Crippen LogP contribution in [0.4, 0.5) is 24.5 Å². The largest absolute Gasteiger partial charge is 0.490 e. The van der Waals surface area contributed by atoms with Gasteiger partial charge in [0.05, 0.1) is 36.2 Å². The van der Waals surface area contributed by atoms with E-state index in [1.165, 1.54) is 6.20 Å². The Kier molecular flexibility index (Phi) is 6.29. The Morgan fingerprint density at radius 3 is 2.68 bits per heavy atom. The predicted octanol–water partition coefficient (Wildman–Crippen LogP) is 5.02. The topological polar surface area (TPSA) is 47.1 Å². The molecule has 1 aromatic carbocycles. The highest BCUT2D eigenvalue weighted by Gasteiger charge is 2.33. The summed E-state index contributed by atoms with van der Waals surface area (Å²) in [6.07, 6.45) is 0.739. The fourth-order valence-electron chi connectivity index (χ4n) is 4.84. The summed E-state index contributed by atoms with van der Waals surface area (Å²) < 4.78 is 57.1. The van der Waals surface area contributed by atoms with Gasteiger partial charge >= 0.3 is 6.18 Å². The number of hydrogen-bond donors (Lipinski definition) is 0. The third-order valence-electron chi connectivity index (χ3n) is 6.70. The number of nitrogens with zero attached hydrogens (tertiary/aromatic N) is 3. The van der Waals surface area contributed by atoms with E-state index < -0.39 is 11.7 Å². The number of halogens is 3. The molecule has 0 N–H and O–H groups in total. The number of pyridine rings is 1. The average molecular weight is 476 g/mol. The standard InChI is InChI=1S/C25H28F3N3O3/c1-17(18-5-9-32-10-6-18)30-7-4-22(16-30)34-21-2-3-24-23(13-21)31(8-11-33-24)20-12-19(14-29-15-20)25(26,27)28/h2-3,12-15,18,22H,1,4-11,16H2/t22-/m0/s1. The highest BCUT2D eigenvalue weighted by Crippen LogP contribution is 2.41. The van der Waals surface area contributed by atoms with Crippen LogP contribution in [0.2, 0.25) is 0 Å². The molecule has 3 aliphatic rings. The minimum atomic E-state index is -4.45. The number of alkyl halides is 3. The second-order valence-corrected chi connectivity index (χ2v) is 8.91. The van der Waals surface area contributed by atoms with Gasteiger partial charge in [-0.05, 0) is 31.0 Å². The first-order chi connectivity index (χ1) is 16.4. The monoisotopic (exact) mass is 475 g/mol. The van der Waals surface area contributed by atoms with E-state index in [-0.39, 0.29) is 6.10 Å². The summed E-state index contributed by atoms with van der Waals surface area (Å²) >= 11 is 0. The summed E-state index contributed by atoms with van der Waals surface area (Å²) in [5.41, 5.74) is 1.43. The Bertz CT molecular complexity index is 1040. The molecule has 2 aromatic rings. The van der Waals surface area contributed by atoms with E-state index >= 15 is 0 Å². The Labute approximate surface area is 196 Å². The summed E-state index contributed by atoms with van der Waals surface area (Å²) in [6, 6.07) is 6.62. The summed E-state index contributed by atoms with van der Waals surface area (Å²) in [5.74, 6) is 1.73. The second-order valence-electron chi connectivity index (χ2n) is 8.91. The van der Waals surface area contributed by atoms with Gasteiger partial charge in [-0.15, -0.1) is 0 Å². The van der Waals surface area contributed by atoms with Crippen LogP contribution in [0.5, 0.6) is 11.5 Å². The second kappa shape index (κ2) is 9.37. The number of allylic oxidation sites excluding steroid dienone is 1. The number of rotatable bonds is 5. The Balaban J connectivity index is 1.30. The summed E-state index contributed by atoms with van der Waals surface area (Å²) in [7, 11) is 0. The number of aromatic nitrogens is 1. The molecular formula is C25H28F3N3O3. The van der Waals surface area contributed by atoms with Gasteiger partial charge in [-0.1, -0.05) is 6.58 Å². The van der Waals surface area contributed by atoms with Crippen molar-refractivity contribution in [2.45, 2.75) is 31.5 Å². The van der Waals surface area contributed by atoms with Crippen molar-refractivity contribution in [3.05, 3.63) is 54.5 Å². The molecule has 4 heterocycles. The van der Waals surface area contributed by atoms with Crippen molar-refractivity contribution in [1.82, 2.24) is 9.88 Å². The maximum Gasteiger partial charge on any atom is 0.417 e. The van der Waals surface area contributed by atoms with Crippen molar-refractivity contribution < 1.29 is 27.4 Å². The van der Waals surface area contributed by atoms with Gasteiger partial charge in [0.25, 0.3) is 0 Å². The van der Waals surface area contributed by atoms with Gasteiger partial charge in [0.15, 0.2) is 0 Å². The molecule has 1 aromatic heterocycles. The molecule has 0 spiro atoms. The Morgan fingerprint density at radius 1 is 1.06 bits per heavy atom. The third kappa shape index (κ3) is 4.80. The molecule has 3 aliphatic heterocycles. The van der Waals surface area contributed by atoms with E-state index in [0.717, 1.165) is 63.5 Å². The lowest BCUT2D eigenvalue weighted by atomic mass is 9.96. The molecule has 34 heavy (non-hydrogen) atoms. The first-order valence-electron chi connectivity index (χ1n) is 11.6. The van der Waals surface area contributed by atoms with Crippen molar-refractivity contribution in [2.24, 2.45) is 5.92 Å². The summed E-state index contributed by atoms with van der Waals surface area (Å²) in [5, 5.41) is 0. The first kappa shape index (κ1) is 22.8. The molecule has 0 amide bonds.